The van der Waals surface area contributed by atoms with Crippen molar-refractivity contribution < 1.29 is 9.47 Å². The van der Waals surface area contributed by atoms with Gasteiger partial charge in [-0.25, -0.2) is 4.68 Å². The maximum atomic E-state index is 5.75. The van der Waals surface area contributed by atoms with Crippen LogP contribution in [0.2, 0.25) is 0 Å². The summed E-state index contributed by atoms with van der Waals surface area (Å²) in [5, 5.41) is 8.26. The lowest BCUT2D eigenvalue weighted by Gasteiger charge is -2.12. The molecule has 0 unspecified atom stereocenters. The lowest BCUT2D eigenvalue weighted by molar-refractivity contribution is 0.150. The normalized spacial score (nSPS) is 13.0. The smallest absolute Gasteiger partial charge is 0.145 e. The molecule has 1 N–H and O–H groups in total. The van der Waals surface area contributed by atoms with Gasteiger partial charge in [-0.2, -0.15) is 5.10 Å². The van der Waals surface area contributed by atoms with Crippen molar-refractivity contribution in [2.75, 3.05) is 31.7 Å². The second-order valence-electron chi connectivity index (χ2n) is 5.21. The molecule has 3 rings (SSSR count). The van der Waals surface area contributed by atoms with Gasteiger partial charge in [-0.15, -0.1) is 0 Å². The van der Waals surface area contributed by atoms with Crippen molar-refractivity contribution in [2.24, 2.45) is 0 Å². The van der Waals surface area contributed by atoms with E-state index in [4.69, 9.17) is 14.6 Å². The Bertz CT molecular complexity index is 637. The number of para-hydroxylation sites is 2. The Morgan fingerprint density at radius 3 is 2.91 bits per heavy atom. The molecule has 0 amide bonds. The van der Waals surface area contributed by atoms with Crippen molar-refractivity contribution in [1.82, 2.24) is 9.78 Å². The van der Waals surface area contributed by atoms with Crippen LogP contribution in [0.15, 0.2) is 24.3 Å². The van der Waals surface area contributed by atoms with Crippen molar-refractivity contribution in [3.8, 4) is 11.4 Å². The predicted molar refractivity (Wildman–Crippen MR) is 87.1 cm³/mol. The molecule has 0 radical (unpaired) electrons. The molecule has 0 fully saturated rings. The Labute approximate surface area is 131 Å². The van der Waals surface area contributed by atoms with Crippen LogP contribution in [0.25, 0.3) is 5.69 Å². The van der Waals surface area contributed by atoms with Crippen LogP contribution in [0.3, 0.4) is 0 Å². The maximum Gasteiger partial charge on any atom is 0.145 e. The fraction of sp³-hybridized carbons (Fsp3) is 0.471. The van der Waals surface area contributed by atoms with E-state index in [1.54, 1.807) is 0 Å². The average Bonchev–Trinajstić information content (AvgIpc) is 3.12. The molecular formula is C17H23N3O2. The largest absolute Gasteiger partial charge is 0.492 e. The van der Waals surface area contributed by atoms with Gasteiger partial charge < -0.3 is 14.8 Å². The summed E-state index contributed by atoms with van der Waals surface area (Å²) in [7, 11) is 0. The zero-order valence-corrected chi connectivity index (χ0v) is 13.3. The first-order chi connectivity index (χ1) is 10.8. The van der Waals surface area contributed by atoms with E-state index >= 15 is 0 Å². The number of nitrogens with zero attached hydrogens (tertiary/aromatic N) is 2. The Kier molecular flexibility index (Phi) is 4.63. The molecule has 2 heterocycles. The third-order valence-corrected chi connectivity index (χ3v) is 3.81. The molecule has 5 heteroatoms. The summed E-state index contributed by atoms with van der Waals surface area (Å²) in [6, 6.07) is 8.04. The molecule has 0 aliphatic carbocycles. The van der Waals surface area contributed by atoms with Crippen LogP contribution >= 0.6 is 0 Å². The molecule has 1 aromatic carbocycles. The summed E-state index contributed by atoms with van der Waals surface area (Å²) in [5.74, 6) is 1.96. The molecule has 1 aliphatic heterocycles. The molecule has 0 atom stereocenters. The molecule has 22 heavy (non-hydrogen) atoms. The standard InChI is InChI=1S/C17H23N3O2/c1-3-21-12-10-14-13-9-11-18-17(13)20(19-14)15-7-5-6-8-16(15)22-4-2/h5-8,18H,3-4,9-12H2,1-2H3. The van der Waals surface area contributed by atoms with E-state index in [9.17, 15) is 0 Å². The van der Waals surface area contributed by atoms with Gasteiger partial charge in [0.2, 0.25) is 0 Å². The number of anilines is 1. The first-order valence-corrected chi connectivity index (χ1v) is 7.99. The number of fused-ring (bicyclic) bond motifs is 1. The van der Waals surface area contributed by atoms with Gasteiger partial charge in [0.05, 0.1) is 18.9 Å². The van der Waals surface area contributed by atoms with Gasteiger partial charge in [-0.3, -0.25) is 0 Å². The first-order valence-electron chi connectivity index (χ1n) is 7.99. The molecule has 1 aromatic heterocycles. The summed E-state index contributed by atoms with van der Waals surface area (Å²) in [4.78, 5) is 0. The number of benzene rings is 1. The molecule has 118 valence electrons. The number of nitrogens with one attached hydrogen (secondary N) is 1. The van der Waals surface area contributed by atoms with E-state index in [0.717, 1.165) is 48.9 Å². The summed E-state index contributed by atoms with van der Waals surface area (Å²) < 4.78 is 13.2. The topological polar surface area (TPSA) is 48.3 Å². The van der Waals surface area contributed by atoms with E-state index < -0.39 is 0 Å². The molecule has 0 saturated carbocycles. The number of hydrogen-bond acceptors (Lipinski definition) is 4. The number of hydrogen-bond donors (Lipinski definition) is 1. The van der Waals surface area contributed by atoms with E-state index in [1.807, 2.05) is 42.8 Å². The predicted octanol–water partition coefficient (Wildman–Crippen LogP) is 2.82. The van der Waals surface area contributed by atoms with Crippen molar-refractivity contribution >= 4 is 5.82 Å². The Balaban J connectivity index is 1.96. The second kappa shape index (κ2) is 6.83. The van der Waals surface area contributed by atoms with Crippen LogP contribution in [-0.2, 0) is 17.6 Å². The minimum atomic E-state index is 0.644. The van der Waals surface area contributed by atoms with Crippen molar-refractivity contribution in [2.45, 2.75) is 26.7 Å². The minimum absolute atomic E-state index is 0.644. The number of ether oxygens (including phenoxy) is 2. The minimum Gasteiger partial charge on any atom is -0.492 e. The molecule has 0 bridgehead atoms. The van der Waals surface area contributed by atoms with Crippen LogP contribution < -0.4 is 10.1 Å². The quantitative estimate of drug-likeness (QED) is 0.799. The van der Waals surface area contributed by atoms with Crippen LogP contribution in [0.5, 0.6) is 5.75 Å². The molecular weight excluding hydrogens is 278 g/mol. The fourth-order valence-corrected chi connectivity index (χ4v) is 2.84. The molecule has 2 aromatic rings. The number of rotatable bonds is 7. The monoisotopic (exact) mass is 301 g/mol. The van der Waals surface area contributed by atoms with Crippen LogP contribution in [0, 0.1) is 0 Å². The van der Waals surface area contributed by atoms with E-state index in [1.165, 1.54) is 5.56 Å². The highest BCUT2D eigenvalue weighted by atomic mass is 16.5. The van der Waals surface area contributed by atoms with Crippen LogP contribution in [0.4, 0.5) is 5.82 Å². The van der Waals surface area contributed by atoms with E-state index in [-0.39, 0.29) is 0 Å². The summed E-state index contributed by atoms with van der Waals surface area (Å²) >= 11 is 0. The van der Waals surface area contributed by atoms with Gasteiger partial charge >= 0.3 is 0 Å². The third kappa shape index (κ3) is 2.81. The highest BCUT2D eigenvalue weighted by Gasteiger charge is 2.23. The van der Waals surface area contributed by atoms with E-state index in [2.05, 4.69) is 5.32 Å². The van der Waals surface area contributed by atoms with Gasteiger partial charge in [-0.05, 0) is 32.4 Å². The maximum absolute atomic E-state index is 5.75. The van der Waals surface area contributed by atoms with Gasteiger partial charge in [0, 0.05) is 25.1 Å². The summed E-state index contributed by atoms with van der Waals surface area (Å²) in [5.41, 5.74) is 3.42. The molecule has 0 spiro atoms. The van der Waals surface area contributed by atoms with Gasteiger partial charge in [-0.1, -0.05) is 12.1 Å². The summed E-state index contributed by atoms with van der Waals surface area (Å²) in [6.45, 7) is 7.08. The van der Waals surface area contributed by atoms with Crippen molar-refractivity contribution in [3.63, 3.8) is 0 Å². The lowest BCUT2D eigenvalue weighted by Crippen LogP contribution is -2.08. The Morgan fingerprint density at radius 1 is 1.23 bits per heavy atom. The van der Waals surface area contributed by atoms with Crippen molar-refractivity contribution in [3.05, 3.63) is 35.5 Å². The second-order valence-corrected chi connectivity index (χ2v) is 5.21. The van der Waals surface area contributed by atoms with Gasteiger partial charge in [0.25, 0.3) is 0 Å². The fourth-order valence-electron chi connectivity index (χ4n) is 2.84. The van der Waals surface area contributed by atoms with Gasteiger partial charge in [0.1, 0.15) is 17.3 Å². The molecule has 5 nitrogen and oxygen atoms in total. The average molecular weight is 301 g/mol. The highest BCUT2D eigenvalue weighted by molar-refractivity contribution is 5.60. The molecule has 0 saturated heterocycles. The summed E-state index contributed by atoms with van der Waals surface area (Å²) in [6.07, 6.45) is 1.87. The van der Waals surface area contributed by atoms with Crippen molar-refractivity contribution in [1.29, 1.82) is 0 Å². The van der Waals surface area contributed by atoms with Crippen LogP contribution in [0.1, 0.15) is 25.1 Å². The Hall–Kier alpha value is -2.01. The zero-order chi connectivity index (χ0) is 15.4. The lowest BCUT2D eigenvalue weighted by atomic mass is 10.1. The Morgan fingerprint density at radius 2 is 2.09 bits per heavy atom. The SMILES string of the molecule is CCOCCc1nn(-c2ccccc2OCC)c2c1CCN2. The van der Waals surface area contributed by atoms with Gasteiger partial charge in [0.15, 0.2) is 0 Å². The van der Waals surface area contributed by atoms with Crippen LogP contribution in [-0.4, -0.2) is 36.1 Å². The molecule has 1 aliphatic rings. The highest BCUT2D eigenvalue weighted by Crippen LogP contribution is 2.32. The first kappa shape index (κ1) is 14.9. The van der Waals surface area contributed by atoms with E-state index in [0.29, 0.717) is 13.2 Å². The zero-order valence-electron chi connectivity index (χ0n) is 13.3. The third-order valence-electron chi connectivity index (χ3n) is 3.81. The number of aromatic nitrogens is 2.